The number of nitrogen functional groups attached to an aromatic ring is 1. The second kappa shape index (κ2) is 8.76. The van der Waals surface area contributed by atoms with E-state index in [4.69, 9.17) is 5.73 Å². The maximum absolute atomic E-state index is 10.1. The lowest BCUT2D eigenvalue weighted by molar-refractivity contribution is 0.144. The number of nitrogens with two attached hydrogens (primary N) is 1. The number of hydrogen-bond donors (Lipinski definition) is 2. The van der Waals surface area contributed by atoms with Crippen molar-refractivity contribution in [2.75, 3.05) is 5.73 Å². The molecule has 6 heteroatoms. The molecule has 0 spiro atoms. The Balaban J connectivity index is 1.59. The minimum Gasteiger partial charge on any atom is -0.391 e. The van der Waals surface area contributed by atoms with Gasteiger partial charge in [0.2, 0.25) is 5.82 Å². The Kier molecular flexibility index (Phi) is 5.73. The number of imidazole rings is 1. The first-order valence-corrected chi connectivity index (χ1v) is 9.98. The zero-order valence-corrected chi connectivity index (χ0v) is 16.8. The predicted molar refractivity (Wildman–Crippen MR) is 119 cm³/mol. The topological polar surface area (TPSA) is 89.8 Å². The van der Waals surface area contributed by atoms with Crippen molar-refractivity contribution in [1.29, 1.82) is 0 Å². The molecule has 0 saturated heterocycles. The number of aliphatic hydroxyl groups excluding tert-OH is 1. The van der Waals surface area contributed by atoms with Gasteiger partial charge in [0.05, 0.1) is 19.0 Å². The van der Waals surface area contributed by atoms with E-state index in [-0.39, 0.29) is 5.82 Å². The summed E-state index contributed by atoms with van der Waals surface area (Å²) in [6.45, 7) is 2.45. The van der Waals surface area contributed by atoms with Crippen molar-refractivity contribution < 1.29 is 5.11 Å². The summed E-state index contributed by atoms with van der Waals surface area (Å²) in [6, 6.07) is 18.2. The fourth-order valence-electron chi connectivity index (χ4n) is 3.31. The lowest BCUT2D eigenvalue weighted by Crippen LogP contribution is -2.15. The summed E-state index contributed by atoms with van der Waals surface area (Å²) < 4.78 is 1.80. The summed E-state index contributed by atoms with van der Waals surface area (Å²) >= 11 is 0. The molecular weight excluding hydrogens is 374 g/mol. The SMILES string of the molecule is CCCC(O)Cn1cnc2c(N)nc(C#Cc3ccc(-c4ccccc4)cc3)nc21. The lowest BCUT2D eigenvalue weighted by atomic mass is 10.0. The molecule has 150 valence electrons. The maximum atomic E-state index is 10.1. The van der Waals surface area contributed by atoms with E-state index in [0.29, 0.717) is 30.0 Å². The predicted octanol–water partition coefficient (Wildman–Crippen LogP) is 3.64. The molecule has 0 aliphatic heterocycles. The van der Waals surface area contributed by atoms with Crippen LogP contribution in [-0.2, 0) is 6.54 Å². The smallest absolute Gasteiger partial charge is 0.209 e. The molecule has 2 aromatic carbocycles. The largest absolute Gasteiger partial charge is 0.391 e. The van der Waals surface area contributed by atoms with Gasteiger partial charge in [0.25, 0.3) is 0 Å². The maximum Gasteiger partial charge on any atom is 0.209 e. The Hall–Kier alpha value is -3.69. The highest BCUT2D eigenvalue weighted by atomic mass is 16.3. The number of rotatable bonds is 5. The minimum absolute atomic E-state index is 0.285. The van der Waals surface area contributed by atoms with Gasteiger partial charge in [0.15, 0.2) is 11.5 Å². The van der Waals surface area contributed by atoms with E-state index < -0.39 is 6.10 Å². The molecule has 6 nitrogen and oxygen atoms in total. The van der Waals surface area contributed by atoms with Gasteiger partial charge in [-0.3, -0.25) is 0 Å². The van der Waals surface area contributed by atoms with Crippen LogP contribution in [0.15, 0.2) is 60.9 Å². The first-order chi connectivity index (χ1) is 14.6. The second-order valence-corrected chi connectivity index (χ2v) is 7.14. The first kappa shape index (κ1) is 19.6. The van der Waals surface area contributed by atoms with Gasteiger partial charge in [0, 0.05) is 5.56 Å². The van der Waals surface area contributed by atoms with Crippen molar-refractivity contribution in [2.45, 2.75) is 32.4 Å². The third kappa shape index (κ3) is 4.32. The minimum atomic E-state index is -0.457. The molecule has 0 amide bonds. The Morgan fingerprint density at radius 3 is 2.47 bits per heavy atom. The summed E-state index contributed by atoms with van der Waals surface area (Å²) in [6.07, 6.45) is 2.80. The van der Waals surface area contributed by atoms with Gasteiger partial charge >= 0.3 is 0 Å². The van der Waals surface area contributed by atoms with Crippen molar-refractivity contribution in [1.82, 2.24) is 19.5 Å². The van der Waals surface area contributed by atoms with Gasteiger partial charge in [-0.2, -0.15) is 0 Å². The van der Waals surface area contributed by atoms with Crippen LogP contribution >= 0.6 is 0 Å². The van der Waals surface area contributed by atoms with Crippen LogP contribution in [0.1, 0.15) is 31.2 Å². The van der Waals surface area contributed by atoms with Crippen LogP contribution in [0.2, 0.25) is 0 Å². The molecule has 30 heavy (non-hydrogen) atoms. The number of anilines is 1. The number of aliphatic hydroxyl groups is 1. The quantitative estimate of drug-likeness (QED) is 0.502. The van der Waals surface area contributed by atoms with Gasteiger partial charge in [-0.15, -0.1) is 0 Å². The molecule has 1 unspecified atom stereocenters. The number of benzene rings is 2. The molecule has 0 radical (unpaired) electrons. The first-order valence-electron chi connectivity index (χ1n) is 9.98. The van der Waals surface area contributed by atoms with Gasteiger partial charge in [-0.1, -0.05) is 61.7 Å². The van der Waals surface area contributed by atoms with Crippen LogP contribution < -0.4 is 5.73 Å². The van der Waals surface area contributed by atoms with Crippen LogP contribution in [0.3, 0.4) is 0 Å². The Labute approximate surface area is 175 Å². The molecule has 1 atom stereocenters. The summed E-state index contributed by atoms with van der Waals surface area (Å²) in [5.41, 5.74) is 10.3. The number of aromatic nitrogens is 4. The lowest BCUT2D eigenvalue weighted by Gasteiger charge is -2.10. The van der Waals surface area contributed by atoms with E-state index in [1.54, 1.807) is 10.9 Å². The van der Waals surface area contributed by atoms with Crippen LogP contribution in [0.25, 0.3) is 22.3 Å². The average molecular weight is 397 g/mol. The van der Waals surface area contributed by atoms with Gasteiger partial charge < -0.3 is 15.4 Å². The molecule has 0 fully saturated rings. The summed E-state index contributed by atoms with van der Waals surface area (Å²) in [5.74, 6) is 6.70. The van der Waals surface area contributed by atoms with Gasteiger partial charge in [0.1, 0.15) is 5.52 Å². The van der Waals surface area contributed by atoms with Crippen molar-refractivity contribution in [3.8, 4) is 23.0 Å². The highest BCUT2D eigenvalue weighted by Gasteiger charge is 2.13. The van der Waals surface area contributed by atoms with E-state index in [0.717, 1.165) is 23.1 Å². The molecular formula is C24H23N5O. The molecule has 4 aromatic rings. The van der Waals surface area contributed by atoms with E-state index in [1.165, 1.54) is 0 Å². The van der Waals surface area contributed by atoms with Crippen molar-refractivity contribution in [2.24, 2.45) is 0 Å². The highest BCUT2D eigenvalue weighted by molar-refractivity contribution is 5.82. The third-order valence-corrected chi connectivity index (χ3v) is 4.83. The molecule has 2 aromatic heterocycles. The fourth-order valence-corrected chi connectivity index (χ4v) is 3.31. The van der Waals surface area contributed by atoms with Gasteiger partial charge in [-0.05, 0) is 35.6 Å². The molecule has 0 saturated carbocycles. The van der Waals surface area contributed by atoms with Crippen LogP contribution in [0.5, 0.6) is 0 Å². The van der Waals surface area contributed by atoms with E-state index >= 15 is 0 Å². The molecule has 3 N–H and O–H groups in total. The monoisotopic (exact) mass is 397 g/mol. The Morgan fingerprint density at radius 1 is 1.00 bits per heavy atom. The van der Waals surface area contributed by atoms with Crippen molar-refractivity contribution in [3.63, 3.8) is 0 Å². The molecule has 0 bridgehead atoms. The average Bonchev–Trinajstić information content (AvgIpc) is 3.16. The van der Waals surface area contributed by atoms with Crippen LogP contribution in [0, 0.1) is 11.8 Å². The fraction of sp³-hybridized carbons (Fsp3) is 0.208. The molecule has 2 heterocycles. The zero-order valence-electron chi connectivity index (χ0n) is 16.8. The van der Waals surface area contributed by atoms with Gasteiger partial charge in [-0.25, -0.2) is 15.0 Å². The second-order valence-electron chi connectivity index (χ2n) is 7.14. The Bertz CT molecular complexity index is 1200. The molecule has 0 aliphatic carbocycles. The summed E-state index contributed by atoms with van der Waals surface area (Å²) in [5, 5.41) is 10.1. The van der Waals surface area contributed by atoms with E-state index in [9.17, 15) is 5.11 Å². The molecule has 0 aliphatic rings. The standard InChI is InChI=1S/C24H23N5O/c1-2-6-20(30)15-29-16-26-22-23(25)27-21(28-24(22)29)14-11-17-9-12-19(13-10-17)18-7-4-3-5-8-18/h3-5,7-10,12-13,16,20,30H,2,6,15H2,1H3,(H2,25,27,28). The summed E-state index contributed by atoms with van der Waals surface area (Å²) in [7, 11) is 0. The third-order valence-electron chi connectivity index (χ3n) is 4.83. The van der Waals surface area contributed by atoms with E-state index in [2.05, 4.69) is 38.9 Å². The van der Waals surface area contributed by atoms with E-state index in [1.807, 2.05) is 49.4 Å². The van der Waals surface area contributed by atoms with Crippen LogP contribution in [-0.4, -0.2) is 30.7 Å². The number of fused-ring (bicyclic) bond motifs is 1. The van der Waals surface area contributed by atoms with Crippen molar-refractivity contribution >= 4 is 17.0 Å². The van der Waals surface area contributed by atoms with Crippen molar-refractivity contribution in [3.05, 3.63) is 72.3 Å². The Morgan fingerprint density at radius 2 is 1.73 bits per heavy atom. The molecule has 4 rings (SSSR count). The normalized spacial score (nSPS) is 11.8. The number of nitrogens with zero attached hydrogens (tertiary/aromatic N) is 4. The number of hydrogen-bond acceptors (Lipinski definition) is 5. The summed E-state index contributed by atoms with van der Waals surface area (Å²) in [4.78, 5) is 13.1. The zero-order chi connectivity index (χ0) is 20.9. The van der Waals surface area contributed by atoms with Crippen LogP contribution in [0.4, 0.5) is 5.82 Å². The highest BCUT2D eigenvalue weighted by Crippen LogP contribution is 2.19.